The fraction of sp³-hybridized carbons (Fsp3) is 0.200. The van der Waals surface area contributed by atoms with Crippen LogP contribution in [0.5, 0.6) is 0 Å². The molecule has 1 unspecified atom stereocenters. The normalized spacial score (nSPS) is 16.7. The Morgan fingerprint density at radius 2 is 1.81 bits per heavy atom. The largest absolute Gasteiger partial charge is 0.457 e. The lowest BCUT2D eigenvalue weighted by Crippen LogP contribution is -2.45. The highest BCUT2D eigenvalue weighted by atomic mass is 35.5. The minimum absolute atomic E-state index is 0.152. The summed E-state index contributed by atoms with van der Waals surface area (Å²) in [6, 6.07) is 13.8. The van der Waals surface area contributed by atoms with Gasteiger partial charge in [0, 0.05) is 10.7 Å². The van der Waals surface area contributed by atoms with Crippen molar-refractivity contribution >= 4 is 23.6 Å². The molecular weight excluding hydrogens is 352 g/mol. The zero-order chi connectivity index (χ0) is 18.7. The van der Waals surface area contributed by atoms with Gasteiger partial charge in [-0.2, -0.15) is 0 Å². The molecule has 1 atom stereocenters. The Bertz CT molecular complexity index is 875. The maximum atomic E-state index is 12.7. The average molecular weight is 371 g/mol. The van der Waals surface area contributed by atoms with Gasteiger partial charge in [-0.15, -0.1) is 0 Å². The van der Waals surface area contributed by atoms with Gasteiger partial charge in [0.2, 0.25) is 0 Å². The van der Waals surface area contributed by atoms with Crippen LogP contribution in [0.3, 0.4) is 0 Å². The molecule has 2 aromatic carbocycles. The second-order valence-electron chi connectivity index (χ2n) is 6.15. The lowest BCUT2D eigenvalue weighted by atomic mass is 9.95. The van der Waals surface area contributed by atoms with Crippen LogP contribution in [0.4, 0.5) is 4.79 Å². The Morgan fingerprint density at radius 3 is 2.50 bits per heavy atom. The summed E-state index contributed by atoms with van der Waals surface area (Å²) >= 11 is 6.26. The number of carbonyl (C=O) groups is 2. The van der Waals surface area contributed by atoms with Gasteiger partial charge in [0.25, 0.3) is 0 Å². The summed E-state index contributed by atoms with van der Waals surface area (Å²) in [4.78, 5) is 24.6. The van der Waals surface area contributed by atoms with Crippen LogP contribution in [0, 0.1) is 6.92 Å². The van der Waals surface area contributed by atoms with Gasteiger partial charge in [-0.25, -0.2) is 9.59 Å². The van der Waals surface area contributed by atoms with E-state index in [-0.39, 0.29) is 12.6 Å². The predicted octanol–water partition coefficient (Wildman–Crippen LogP) is 4.02. The van der Waals surface area contributed by atoms with Gasteiger partial charge in [0.15, 0.2) is 0 Å². The van der Waals surface area contributed by atoms with E-state index in [1.165, 1.54) is 0 Å². The number of halogens is 1. The van der Waals surface area contributed by atoms with Crippen molar-refractivity contribution in [1.82, 2.24) is 10.6 Å². The molecule has 26 heavy (non-hydrogen) atoms. The van der Waals surface area contributed by atoms with Crippen LogP contribution in [0.15, 0.2) is 59.8 Å². The van der Waals surface area contributed by atoms with Crippen molar-refractivity contribution in [3.63, 3.8) is 0 Å². The summed E-state index contributed by atoms with van der Waals surface area (Å²) in [5, 5.41) is 5.84. The number of urea groups is 1. The molecule has 2 N–H and O–H groups in total. The SMILES string of the molecule is CC1=C(C(=O)OCc2ccc(C)cc2)C(c2ccccc2Cl)NC(=O)N1. The van der Waals surface area contributed by atoms with E-state index in [4.69, 9.17) is 16.3 Å². The second-order valence-corrected chi connectivity index (χ2v) is 6.56. The third-order valence-electron chi connectivity index (χ3n) is 4.20. The number of ether oxygens (including phenoxy) is 1. The molecule has 0 saturated heterocycles. The lowest BCUT2D eigenvalue weighted by Gasteiger charge is -2.28. The number of amides is 2. The molecule has 1 aliphatic rings. The average Bonchev–Trinajstić information content (AvgIpc) is 2.61. The van der Waals surface area contributed by atoms with Crippen molar-refractivity contribution in [3.05, 3.63) is 81.5 Å². The maximum Gasteiger partial charge on any atom is 0.338 e. The smallest absolute Gasteiger partial charge is 0.338 e. The summed E-state index contributed by atoms with van der Waals surface area (Å²) in [5.74, 6) is -0.500. The molecule has 1 heterocycles. The van der Waals surface area contributed by atoms with E-state index < -0.39 is 12.0 Å². The van der Waals surface area contributed by atoms with Crippen LogP contribution in [0.1, 0.15) is 29.7 Å². The number of aryl methyl sites for hydroxylation is 1. The van der Waals surface area contributed by atoms with E-state index in [2.05, 4.69) is 10.6 Å². The molecule has 5 nitrogen and oxygen atoms in total. The fourth-order valence-electron chi connectivity index (χ4n) is 2.82. The molecule has 0 radical (unpaired) electrons. The summed E-state index contributed by atoms with van der Waals surface area (Å²) in [6.45, 7) is 3.82. The van der Waals surface area contributed by atoms with Gasteiger partial charge in [0.05, 0.1) is 11.6 Å². The van der Waals surface area contributed by atoms with Crippen molar-refractivity contribution < 1.29 is 14.3 Å². The van der Waals surface area contributed by atoms with Crippen molar-refractivity contribution in [2.24, 2.45) is 0 Å². The fourth-order valence-corrected chi connectivity index (χ4v) is 3.06. The van der Waals surface area contributed by atoms with Crippen molar-refractivity contribution in [2.45, 2.75) is 26.5 Å². The van der Waals surface area contributed by atoms with Gasteiger partial charge in [-0.1, -0.05) is 59.6 Å². The number of allylic oxidation sites excluding steroid dienone is 1. The topological polar surface area (TPSA) is 67.4 Å². The Morgan fingerprint density at radius 1 is 1.12 bits per heavy atom. The van der Waals surface area contributed by atoms with Crippen LogP contribution >= 0.6 is 11.6 Å². The monoisotopic (exact) mass is 370 g/mol. The van der Waals surface area contributed by atoms with Crippen LogP contribution in [-0.4, -0.2) is 12.0 Å². The van der Waals surface area contributed by atoms with Crippen LogP contribution in [-0.2, 0) is 16.1 Å². The first kappa shape index (κ1) is 18.0. The molecule has 134 valence electrons. The minimum Gasteiger partial charge on any atom is -0.457 e. The molecule has 0 saturated carbocycles. The molecule has 2 aromatic rings. The van der Waals surface area contributed by atoms with Crippen molar-refractivity contribution in [1.29, 1.82) is 0 Å². The Labute approximate surface area is 157 Å². The first-order valence-corrected chi connectivity index (χ1v) is 8.59. The summed E-state index contributed by atoms with van der Waals surface area (Å²) < 4.78 is 5.47. The molecule has 3 rings (SSSR count). The molecular formula is C20H19ClN2O3. The quantitative estimate of drug-likeness (QED) is 0.799. The molecule has 0 spiro atoms. The highest BCUT2D eigenvalue weighted by Crippen LogP contribution is 2.32. The number of nitrogens with one attached hydrogen (secondary N) is 2. The number of esters is 1. The molecule has 0 aliphatic carbocycles. The standard InChI is InChI=1S/C20H19ClN2O3/c1-12-7-9-14(10-8-12)11-26-19(24)17-13(2)22-20(25)23-18(17)15-5-3-4-6-16(15)21/h3-10,18H,11H2,1-2H3,(H2,22,23,25). The van der Waals surface area contributed by atoms with E-state index in [9.17, 15) is 9.59 Å². The van der Waals surface area contributed by atoms with Crippen molar-refractivity contribution in [3.8, 4) is 0 Å². The highest BCUT2D eigenvalue weighted by molar-refractivity contribution is 6.31. The Hall–Kier alpha value is -2.79. The summed E-state index contributed by atoms with van der Waals surface area (Å²) in [6.07, 6.45) is 0. The van der Waals surface area contributed by atoms with Gasteiger partial charge >= 0.3 is 12.0 Å². The van der Waals surface area contributed by atoms with Crippen LogP contribution in [0.2, 0.25) is 5.02 Å². The van der Waals surface area contributed by atoms with E-state index in [1.807, 2.05) is 31.2 Å². The zero-order valence-corrected chi connectivity index (χ0v) is 15.3. The maximum absolute atomic E-state index is 12.7. The third-order valence-corrected chi connectivity index (χ3v) is 4.54. The first-order valence-electron chi connectivity index (χ1n) is 8.21. The number of carbonyl (C=O) groups excluding carboxylic acids is 2. The summed E-state index contributed by atoms with van der Waals surface area (Å²) in [7, 11) is 0. The second kappa shape index (κ2) is 7.62. The molecule has 6 heteroatoms. The van der Waals surface area contributed by atoms with E-state index in [1.54, 1.807) is 31.2 Å². The molecule has 2 amide bonds. The Balaban J connectivity index is 1.85. The third kappa shape index (κ3) is 3.89. The zero-order valence-electron chi connectivity index (χ0n) is 14.5. The number of hydrogen-bond acceptors (Lipinski definition) is 3. The van der Waals surface area contributed by atoms with Crippen molar-refractivity contribution in [2.75, 3.05) is 0 Å². The molecule has 0 bridgehead atoms. The van der Waals surface area contributed by atoms with E-state index in [0.717, 1.165) is 11.1 Å². The number of rotatable bonds is 4. The Kier molecular flexibility index (Phi) is 5.28. The van der Waals surface area contributed by atoms with Gasteiger partial charge < -0.3 is 15.4 Å². The molecule has 1 aliphatic heterocycles. The number of hydrogen-bond donors (Lipinski definition) is 2. The van der Waals surface area contributed by atoms with Crippen LogP contribution < -0.4 is 10.6 Å². The summed E-state index contributed by atoms with van der Waals surface area (Å²) in [5.41, 5.74) is 3.46. The number of benzene rings is 2. The molecule has 0 fully saturated rings. The first-order chi connectivity index (χ1) is 12.5. The van der Waals surface area contributed by atoms with Gasteiger partial charge in [0.1, 0.15) is 6.61 Å². The van der Waals surface area contributed by atoms with Crippen LogP contribution in [0.25, 0.3) is 0 Å². The molecule has 0 aromatic heterocycles. The minimum atomic E-state index is -0.664. The van der Waals surface area contributed by atoms with Gasteiger partial charge in [-0.3, -0.25) is 0 Å². The van der Waals surface area contributed by atoms with Gasteiger partial charge in [-0.05, 0) is 31.0 Å². The predicted molar refractivity (Wildman–Crippen MR) is 99.5 cm³/mol. The highest BCUT2D eigenvalue weighted by Gasteiger charge is 2.33. The van der Waals surface area contributed by atoms with E-state index in [0.29, 0.717) is 21.9 Å². The van der Waals surface area contributed by atoms with E-state index >= 15 is 0 Å². The lowest BCUT2D eigenvalue weighted by molar-refractivity contribution is -0.140.